The number of rotatable bonds is 4. The number of hydrogen-bond donors (Lipinski definition) is 2. The standard InChI is InChI=1S/C18H30N2O5/c1-9(2)12(19-16(24)25-17(3,4)5)14(21)20-8-10-11(18(10,6)7)13(20)15(22)23/h9-13H,8H2,1-7H3,(H,19,24)(H,22,23)/t10-,11-,12-,13-/m0/s1. The number of amides is 2. The maximum atomic E-state index is 13.0. The van der Waals surface area contributed by atoms with Gasteiger partial charge in [0, 0.05) is 12.5 Å². The normalized spacial score (nSPS) is 28.3. The van der Waals surface area contributed by atoms with Gasteiger partial charge >= 0.3 is 12.1 Å². The van der Waals surface area contributed by atoms with Crippen LogP contribution in [0.1, 0.15) is 48.5 Å². The van der Waals surface area contributed by atoms with E-state index in [1.807, 2.05) is 27.7 Å². The molecule has 2 N–H and O–H groups in total. The molecular formula is C18H30N2O5. The predicted octanol–water partition coefficient (Wildman–Crippen LogP) is 2.10. The third-order valence-electron chi connectivity index (χ3n) is 5.35. The minimum absolute atomic E-state index is 0.0247. The fraction of sp³-hybridized carbons (Fsp3) is 0.833. The first-order valence-corrected chi connectivity index (χ1v) is 8.80. The van der Waals surface area contributed by atoms with Crippen LogP contribution in [-0.2, 0) is 14.3 Å². The molecule has 0 spiro atoms. The van der Waals surface area contributed by atoms with Crippen molar-refractivity contribution in [3.63, 3.8) is 0 Å². The van der Waals surface area contributed by atoms with Crippen molar-refractivity contribution in [2.45, 2.75) is 66.2 Å². The van der Waals surface area contributed by atoms with Crippen LogP contribution in [0.4, 0.5) is 4.79 Å². The van der Waals surface area contributed by atoms with Gasteiger partial charge in [0.25, 0.3) is 0 Å². The summed E-state index contributed by atoms with van der Waals surface area (Å²) in [6, 6.07) is -1.63. The first kappa shape index (κ1) is 19.5. The third kappa shape index (κ3) is 3.75. The van der Waals surface area contributed by atoms with Crippen molar-refractivity contribution < 1.29 is 24.2 Å². The Morgan fingerprint density at radius 2 is 1.80 bits per heavy atom. The minimum atomic E-state index is -0.980. The lowest BCUT2D eigenvalue weighted by molar-refractivity contribution is -0.151. The first-order valence-electron chi connectivity index (χ1n) is 8.80. The van der Waals surface area contributed by atoms with Gasteiger partial charge in [-0.2, -0.15) is 0 Å². The zero-order valence-corrected chi connectivity index (χ0v) is 16.1. The Balaban J connectivity index is 2.13. The Labute approximate surface area is 149 Å². The van der Waals surface area contributed by atoms with E-state index in [0.29, 0.717) is 6.54 Å². The smallest absolute Gasteiger partial charge is 0.408 e. The van der Waals surface area contributed by atoms with Crippen LogP contribution < -0.4 is 5.32 Å². The average molecular weight is 354 g/mol. The van der Waals surface area contributed by atoms with Crippen molar-refractivity contribution in [1.29, 1.82) is 0 Å². The van der Waals surface area contributed by atoms with E-state index in [2.05, 4.69) is 5.32 Å². The van der Waals surface area contributed by atoms with E-state index >= 15 is 0 Å². The van der Waals surface area contributed by atoms with Gasteiger partial charge in [-0.05, 0) is 38.0 Å². The zero-order chi connectivity index (χ0) is 19.3. The largest absolute Gasteiger partial charge is 0.480 e. The lowest BCUT2D eigenvalue weighted by Crippen LogP contribution is -2.56. The number of likely N-dealkylation sites (tertiary alicyclic amines) is 1. The second kappa shape index (κ2) is 6.18. The van der Waals surface area contributed by atoms with Crippen molar-refractivity contribution in [2.75, 3.05) is 6.54 Å². The molecule has 2 rings (SSSR count). The highest BCUT2D eigenvalue weighted by molar-refractivity contribution is 5.90. The number of fused-ring (bicyclic) bond motifs is 1. The van der Waals surface area contributed by atoms with Gasteiger partial charge in [-0.1, -0.05) is 27.7 Å². The second-order valence-electron chi connectivity index (χ2n) is 9.10. The van der Waals surface area contributed by atoms with Gasteiger partial charge in [0.15, 0.2) is 0 Å². The average Bonchev–Trinajstić information content (AvgIpc) is 2.82. The molecule has 1 aliphatic carbocycles. The summed E-state index contributed by atoms with van der Waals surface area (Å²) in [5, 5.41) is 12.2. The summed E-state index contributed by atoms with van der Waals surface area (Å²) in [4.78, 5) is 38.2. The topological polar surface area (TPSA) is 95.9 Å². The Kier molecular flexibility index (Phi) is 4.83. The third-order valence-corrected chi connectivity index (χ3v) is 5.35. The van der Waals surface area contributed by atoms with Crippen molar-refractivity contribution in [2.24, 2.45) is 23.2 Å². The van der Waals surface area contributed by atoms with E-state index in [1.54, 1.807) is 20.8 Å². The van der Waals surface area contributed by atoms with Crippen LogP contribution in [0.5, 0.6) is 0 Å². The molecular weight excluding hydrogens is 324 g/mol. The van der Waals surface area contributed by atoms with Crippen molar-refractivity contribution >= 4 is 18.0 Å². The molecule has 0 aromatic carbocycles. The number of alkyl carbamates (subject to hydrolysis) is 1. The molecule has 2 amide bonds. The molecule has 25 heavy (non-hydrogen) atoms. The number of piperidine rings is 1. The van der Waals surface area contributed by atoms with E-state index in [-0.39, 0.29) is 29.1 Å². The number of aliphatic carboxylic acids is 1. The quantitative estimate of drug-likeness (QED) is 0.806. The molecule has 2 fully saturated rings. The van der Waals surface area contributed by atoms with Gasteiger partial charge in [-0.3, -0.25) is 4.79 Å². The molecule has 0 radical (unpaired) electrons. The number of carbonyl (C=O) groups excluding carboxylic acids is 2. The maximum Gasteiger partial charge on any atom is 0.408 e. The summed E-state index contributed by atoms with van der Waals surface area (Å²) in [5.41, 5.74) is -0.719. The molecule has 1 aliphatic heterocycles. The lowest BCUT2D eigenvalue weighted by Gasteiger charge is -2.33. The van der Waals surface area contributed by atoms with Crippen LogP contribution in [0.2, 0.25) is 0 Å². The summed E-state index contributed by atoms with van der Waals surface area (Å²) in [6.45, 7) is 13.4. The summed E-state index contributed by atoms with van der Waals surface area (Å²) in [6.07, 6.45) is -0.670. The molecule has 0 aromatic heterocycles. The first-order chi connectivity index (χ1) is 11.3. The van der Waals surface area contributed by atoms with Gasteiger partial charge in [0.05, 0.1) is 0 Å². The monoisotopic (exact) mass is 354 g/mol. The zero-order valence-electron chi connectivity index (χ0n) is 16.1. The highest BCUT2D eigenvalue weighted by atomic mass is 16.6. The summed E-state index contributed by atoms with van der Waals surface area (Å²) in [5.74, 6) is -1.34. The molecule has 1 saturated heterocycles. The Morgan fingerprint density at radius 1 is 1.24 bits per heavy atom. The summed E-state index contributed by atoms with van der Waals surface area (Å²) in [7, 11) is 0. The molecule has 1 heterocycles. The van der Waals surface area contributed by atoms with Crippen LogP contribution >= 0.6 is 0 Å². The molecule has 0 bridgehead atoms. The molecule has 7 nitrogen and oxygen atoms in total. The fourth-order valence-corrected chi connectivity index (χ4v) is 3.92. The lowest BCUT2D eigenvalue weighted by atomic mass is 9.98. The van der Waals surface area contributed by atoms with E-state index in [1.165, 1.54) is 4.90 Å². The van der Waals surface area contributed by atoms with E-state index in [9.17, 15) is 19.5 Å². The van der Waals surface area contributed by atoms with Gasteiger partial charge in [0.1, 0.15) is 17.7 Å². The minimum Gasteiger partial charge on any atom is -0.480 e. The number of carboxylic acids is 1. The fourth-order valence-electron chi connectivity index (χ4n) is 3.92. The van der Waals surface area contributed by atoms with Crippen molar-refractivity contribution in [1.82, 2.24) is 10.2 Å². The molecule has 1 saturated carbocycles. The Hall–Kier alpha value is -1.79. The number of nitrogens with one attached hydrogen (secondary N) is 1. The maximum absolute atomic E-state index is 13.0. The Morgan fingerprint density at radius 3 is 2.24 bits per heavy atom. The summed E-state index contributed by atoms with van der Waals surface area (Å²) >= 11 is 0. The molecule has 2 aliphatic rings. The molecule has 0 unspecified atom stereocenters. The van der Waals surface area contributed by atoms with Crippen molar-refractivity contribution in [3.05, 3.63) is 0 Å². The highest BCUT2D eigenvalue weighted by Crippen LogP contribution is 2.64. The van der Waals surface area contributed by atoms with Crippen LogP contribution in [0.3, 0.4) is 0 Å². The van der Waals surface area contributed by atoms with Gasteiger partial charge in [-0.15, -0.1) is 0 Å². The van der Waals surface area contributed by atoms with Gasteiger partial charge in [0.2, 0.25) is 5.91 Å². The van der Waals surface area contributed by atoms with E-state index in [4.69, 9.17) is 4.74 Å². The number of nitrogens with zero attached hydrogens (tertiary/aromatic N) is 1. The molecule has 142 valence electrons. The highest BCUT2D eigenvalue weighted by Gasteiger charge is 2.69. The molecule has 4 atom stereocenters. The number of ether oxygens (including phenoxy) is 1. The van der Waals surface area contributed by atoms with Crippen LogP contribution in [0, 0.1) is 23.2 Å². The van der Waals surface area contributed by atoms with Crippen LogP contribution in [-0.4, -0.2) is 52.2 Å². The number of hydrogen-bond acceptors (Lipinski definition) is 4. The number of carboxylic acid groups (broad SMARTS) is 1. The van der Waals surface area contributed by atoms with Crippen molar-refractivity contribution in [3.8, 4) is 0 Å². The number of carbonyl (C=O) groups is 3. The summed E-state index contributed by atoms with van der Waals surface area (Å²) < 4.78 is 5.23. The Bertz CT molecular complexity index is 579. The van der Waals surface area contributed by atoms with E-state index < -0.39 is 29.7 Å². The second-order valence-corrected chi connectivity index (χ2v) is 9.10. The van der Waals surface area contributed by atoms with Gasteiger partial charge < -0.3 is 20.1 Å². The van der Waals surface area contributed by atoms with Crippen LogP contribution in [0.25, 0.3) is 0 Å². The molecule has 7 heteroatoms. The predicted molar refractivity (Wildman–Crippen MR) is 91.9 cm³/mol. The molecule has 0 aromatic rings. The van der Waals surface area contributed by atoms with Crippen LogP contribution in [0.15, 0.2) is 0 Å². The van der Waals surface area contributed by atoms with Gasteiger partial charge in [-0.25, -0.2) is 9.59 Å². The van der Waals surface area contributed by atoms with E-state index in [0.717, 1.165) is 0 Å². The SMILES string of the molecule is CC(C)[C@H](NC(=O)OC(C)(C)C)C(=O)N1C[C@H]2[C@@H]([C@H]1C(=O)O)C2(C)C.